The Morgan fingerprint density at radius 2 is 1.04 bits per heavy atom. The minimum Gasteiger partial charge on any atom is -0.748 e. The highest BCUT2D eigenvalue weighted by atomic mass is 32.2. The maximum absolute atomic E-state index is 9.60. The Labute approximate surface area is 152 Å². The first-order valence-electron chi connectivity index (χ1n) is 9.79. The molecule has 0 saturated heterocycles. The highest BCUT2D eigenvalue weighted by molar-refractivity contribution is 7.85. The molecule has 0 heterocycles. The van der Waals surface area contributed by atoms with E-state index in [-0.39, 0.29) is 6.54 Å². The number of rotatable bonds is 14. The zero-order valence-electron chi connectivity index (χ0n) is 16.6. The standard InChI is InChI=1S/C16H36P.C2H7NO3S/c1-5-9-13-17(14-10-6-2,15-11-7-3)16-12-8-4;3-1-2-7(4,5)6/h5-16H2,1-4H3;1-3H2,(H,4,5,6)/q+1;/p-1. The number of hydrogen-bond donors (Lipinski definition) is 1. The Morgan fingerprint density at radius 3 is 1.17 bits per heavy atom. The highest BCUT2D eigenvalue weighted by Gasteiger charge is 2.34. The molecule has 0 spiro atoms. The summed E-state index contributed by atoms with van der Waals surface area (Å²) in [5.74, 6) is -0.465. The number of nitrogens with two attached hydrogens (primary N) is 1. The smallest absolute Gasteiger partial charge is 0.0958 e. The lowest BCUT2D eigenvalue weighted by molar-refractivity contribution is 0.463. The summed E-state index contributed by atoms with van der Waals surface area (Å²) in [6.07, 6.45) is 17.9. The van der Waals surface area contributed by atoms with Gasteiger partial charge in [0.1, 0.15) is 0 Å². The van der Waals surface area contributed by atoms with E-state index in [0.717, 1.165) is 0 Å². The van der Waals surface area contributed by atoms with Crippen molar-refractivity contribution in [1.29, 1.82) is 0 Å². The summed E-state index contributed by atoms with van der Waals surface area (Å²) in [5.41, 5.74) is 4.74. The van der Waals surface area contributed by atoms with Crippen LogP contribution in [0.2, 0.25) is 0 Å². The van der Waals surface area contributed by atoms with Crippen LogP contribution >= 0.6 is 7.26 Å². The van der Waals surface area contributed by atoms with E-state index in [0.29, 0.717) is 0 Å². The van der Waals surface area contributed by atoms with Gasteiger partial charge in [-0.15, -0.1) is 0 Å². The van der Waals surface area contributed by atoms with Crippen molar-refractivity contribution in [3.63, 3.8) is 0 Å². The SMILES string of the molecule is CCCC[P+](CCCC)(CCCC)CCCC.NCCS(=O)(=O)[O-]. The molecule has 0 radical (unpaired) electrons. The molecule has 0 atom stereocenters. The van der Waals surface area contributed by atoms with E-state index in [2.05, 4.69) is 27.7 Å². The van der Waals surface area contributed by atoms with E-state index in [4.69, 9.17) is 5.73 Å². The summed E-state index contributed by atoms with van der Waals surface area (Å²) in [6, 6.07) is 0. The van der Waals surface area contributed by atoms with Gasteiger partial charge < -0.3 is 10.3 Å². The maximum atomic E-state index is 9.60. The van der Waals surface area contributed by atoms with Crippen LogP contribution in [-0.2, 0) is 10.1 Å². The Hall–Kier alpha value is 0.300. The van der Waals surface area contributed by atoms with Crippen molar-refractivity contribution in [2.24, 2.45) is 5.73 Å². The molecule has 24 heavy (non-hydrogen) atoms. The van der Waals surface area contributed by atoms with Crippen LogP contribution in [-0.4, -0.2) is 49.9 Å². The summed E-state index contributed by atoms with van der Waals surface area (Å²) in [4.78, 5) is 0. The van der Waals surface area contributed by atoms with Gasteiger partial charge in [-0.3, -0.25) is 0 Å². The first-order valence-corrected chi connectivity index (χ1v) is 13.9. The molecular weight excluding hydrogens is 341 g/mol. The third kappa shape index (κ3) is 17.1. The fourth-order valence-electron chi connectivity index (χ4n) is 2.79. The highest BCUT2D eigenvalue weighted by Crippen LogP contribution is 2.61. The molecule has 0 aliphatic carbocycles. The van der Waals surface area contributed by atoms with Crippen molar-refractivity contribution in [3.05, 3.63) is 0 Å². The number of unbranched alkanes of at least 4 members (excludes halogenated alkanes) is 4. The molecular formula is C18H42NO3PS. The predicted molar refractivity (Wildman–Crippen MR) is 110 cm³/mol. The summed E-state index contributed by atoms with van der Waals surface area (Å²) < 4.78 is 28.8. The first kappa shape index (κ1) is 26.5. The van der Waals surface area contributed by atoms with Crippen LogP contribution in [0.1, 0.15) is 79.1 Å². The summed E-state index contributed by atoms with van der Waals surface area (Å²) >= 11 is 0. The molecule has 0 aromatic heterocycles. The average Bonchev–Trinajstić information content (AvgIpc) is 2.53. The molecule has 0 aromatic rings. The molecule has 6 heteroatoms. The summed E-state index contributed by atoms with van der Waals surface area (Å²) in [7, 11) is -4.61. The Kier molecular flexibility index (Phi) is 18.5. The predicted octanol–water partition coefficient (Wildman–Crippen LogP) is 4.69. The summed E-state index contributed by atoms with van der Waals surface area (Å²) in [6.45, 7) is 9.33. The third-order valence-corrected chi connectivity index (χ3v) is 10.1. The van der Waals surface area contributed by atoms with Gasteiger partial charge in [0.25, 0.3) is 0 Å². The van der Waals surface area contributed by atoms with Gasteiger partial charge in [-0.05, 0) is 25.7 Å². The van der Waals surface area contributed by atoms with Gasteiger partial charge in [0.15, 0.2) is 0 Å². The zero-order valence-corrected chi connectivity index (χ0v) is 18.3. The largest absolute Gasteiger partial charge is 0.748 e. The fraction of sp³-hybridized carbons (Fsp3) is 1.00. The molecule has 0 unspecified atom stereocenters. The monoisotopic (exact) mass is 383 g/mol. The van der Waals surface area contributed by atoms with Gasteiger partial charge in [0.2, 0.25) is 0 Å². The summed E-state index contributed by atoms with van der Waals surface area (Å²) in [5, 5.41) is 0. The lowest BCUT2D eigenvalue weighted by Gasteiger charge is -2.28. The Balaban J connectivity index is 0. The van der Waals surface area contributed by atoms with Crippen molar-refractivity contribution in [2.75, 3.05) is 36.9 Å². The molecule has 148 valence electrons. The second-order valence-electron chi connectivity index (χ2n) is 6.70. The van der Waals surface area contributed by atoms with Crippen LogP contribution < -0.4 is 5.73 Å². The molecule has 0 aromatic carbocycles. The van der Waals surface area contributed by atoms with E-state index in [1.165, 1.54) is 51.4 Å². The van der Waals surface area contributed by atoms with Gasteiger partial charge in [0.05, 0.1) is 40.5 Å². The Bertz CT molecular complexity index is 324. The van der Waals surface area contributed by atoms with E-state index < -0.39 is 23.1 Å². The van der Waals surface area contributed by atoms with Gasteiger partial charge in [-0.1, -0.05) is 53.4 Å². The van der Waals surface area contributed by atoms with Crippen LogP contribution in [0.25, 0.3) is 0 Å². The number of hydrogen-bond acceptors (Lipinski definition) is 4. The lowest BCUT2D eigenvalue weighted by atomic mass is 10.4. The minimum absolute atomic E-state index is 0.0914. The van der Waals surface area contributed by atoms with Crippen LogP contribution in [0.15, 0.2) is 0 Å². The van der Waals surface area contributed by atoms with Crippen molar-refractivity contribution in [1.82, 2.24) is 0 Å². The molecule has 0 saturated carbocycles. The zero-order chi connectivity index (χ0) is 18.9. The van der Waals surface area contributed by atoms with Gasteiger partial charge in [0, 0.05) is 13.8 Å². The molecule has 0 rings (SSSR count). The van der Waals surface area contributed by atoms with E-state index in [1.54, 1.807) is 24.6 Å². The molecule has 0 fully saturated rings. The molecule has 0 bridgehead atoms. The maximum Gasteiger partial charge on any atom is 0.0958 e. The van der Waals surface area contributed by atoms with Crippen molar-refractivity contribution in [2.45, 2.75) is 79.1 Å². The van der Waals surface area contributed by atoms with E-state index in [1.807, 2.05) is 0 Å². The molecule has 0 aliphatic heterocycles. The molecule has 2 N–H and O–H groups in total. The molecule has 0 aliphatic rings. The molecule has 4 nitrogen and oxygen atoms in total. The Morgan fingerprint density at radius 1 is 0.750 bits per heavy atom. The lowest BCUT2D eigenvalue weighted by Crippen LogP contribution is -2.14. The average molecular weight is 384 g/mol. The first-order chi connectivity index (χ1) is 11.3. The second-order valence-corrected chi connectivity index (χ2v) is 12.7. The fourth-order valence-corrected chi connectivity index (χ4v) is 8.37. The van der Waals surface area contributed by atoms with Crippen LogP contribution in [0.5, 0.6) is 0 Å². The van der Waals surface area contributed by atoms with Crippen LogP contribution in [0.3, 0.4) is 0 Å². The van der Waals surface area contributed by atoms with Crippen molar-refractivity contribution < 1.29 is 13.0 Å². The van der Waals surface area contributed by atoms with Gasteiger partial charge in [-0.2, -0.15) is 0 Å². The minimum atomic E-state index is -4.05. The third-order valence-electron chi connectivity index (χ3n) is 4.31. The quantitative estimate of drug-likeness (QED) is 0.348. The van der Waals surface area contributed by atoms with Gasteiger partial charge >= 0.3 is 0 Å². The molecule has 0 amide bonds. The van der Waals surface area contributed by atoms with Gasteiger partial charge in [-0.25, -0.2) is 8.42 Å². The second kappa shape index (κ2) is 16.8. The van der Waals surface area contributed by atoms with Crippen LogP contribution in [0.4, 0.5) is 0 Å². The van der Waals surface area contributed by atoms with Crippen molar-refractivity contribution in [3.8, 4) is 0 Å². The normalized spacial score (nSPS) is 11.9. The van der Waals surface area contributed by atoms with Crippen LogP contribution in [0, 0.1) is 0 Å². The van der Waals surface area contributed by atoms with E-state index in [9.17, 15) is 13.0 Å². The topological polar surface area (TPSA) is 83.2 Å². The van der Waals surface area contributed by atoms with Crippen molar-refractivity contribution >= 4 is 17.4 Å². The van der Waals surface area contributed by atoms with E-state index >= 15 is 0 Å².